The summed E-state index contributed by atoms with van der Waals surface area (Å²) in [6.07, 6.45) is 1.15. The molecule has 0 bridgehead atoms. The predicted octanol–water partition coefficient (Wildman–Crippen LogP) is 1.32. The highest BCUT2D eigenvalue weighted by molar-refractivity contribution is 7.88. The van der Waals surface area contributed by atoms with Gasteiger partial charge in [-0.25, -0.2) is 13.1 Å². The van der Waals surface area contributed by atoms with Crippen LogP contribution >= 0.6 is 0 Å². The van der Waals surface area contributed by atoms with Gasteiger partial charge in [0.1, 0.15) is 0 Å². The fourth-order valence-corrected chi connectivity index (χ4v) is 2.75. The summed E-state index contributed by atoms with van der Waals surface area (Å²) >= 11 is 0. The molecule has 18 heavy (non-hydrogen) atoms. The zero-order chi connectivity index (χ0) is 14.0. The molecule has 1 rings (SSSR count). The number of nitrogen functional groups attached to an aromatic ring is 1. The molecular formula is C12H21N3O2S. The molecule has 0 fully saturated rings. The first-order valence-electron chi connectivity index (χ1n) is 5.68. The van der Waals surface area contributed by atoms with Gasteiger partial charge >= 0.3 is 0 Å². The Hall–Kier alpha value is -1.27. The first-order valence-corrected chi connectivity index (χ1v) is 7.57. The van der Waals surface area contributed by atoms with Gasteiger partial charge in [0.05, 0.1) is 17.6 Å². The van der Waals surface area contributed by atoms with Crippen molar-refractivity contribution in [3.8, 4) is 0 Å². The van der Waals surface area contributed by atoms with Crippen LogP contribution in [0.2, 0.25) is 0 Å². The molecule has 102 valence electrons. The minimum absolute atomic E-state index is 0.452. The van der Waals surface area contributed by atoms with E-state index in [4.69, 9.17) is 5.73 Å². The van der Waals surface area contributed by atoms with Crippen molar-refractivity contribution in [2.24, 2.45) is 0 Å². The molecule has 0 saturated carbocycles. The van der Waals surface area contributed by atoms with Crippen LogP contribution in [0.15, 0.2) is 18.2 Å². The lowest BCUT2D eigenvalue weighted by molar-refractivity contribution is 0.476. The molecule has 0 amide bonds. The summed E-state index contributed by atoms with van der Waals surface area (Å²) in [4.78, 5) is 0. The predicted molar refractivity (Wildman–Crippen MR) is 76.1 cm³/mol. The summed E-state index contributed by atoms with van der Waals surface area (Å²) < 4.78 is 25.0. The molecular weight excluding hydrogens is 250 g/mol. The van der Waals surface area contributed by atoms with E-state index in [0.29, 0.717) is 12.2 Å². The molecule has 0 radical (unpaired) electrons. The topological polar surface area (TPSA) is 84.2 Å². The molecule has 0 atom stereocenters. The Morgan fingerprint density at radius 3 is 2.50 bits per heavy atom. The number of benzene rings is 1. The number of hydrogen-bond acceptors (Lipinski definition) is 4. The van der Waals surface area contributed by atoms with E-state index < -0.39 is 15.6 Å². The largest absolute Gasteiger partial charge is 0.397 e. The summed E-state index contributed by atoms with van der Waals surface area (Å²) in [5.41, 5.74) is 7.83. The lowest BCUT2D eigenvalue weighted by Gasteiger charge is -2.26. The summed E-state index contributed by atoms with van der Waals surface area (Å²) in [6, 6.07) is 5.70. The van der Waals surface area contributed by atoms with E-state index >= 15 is 0 Å². The molecule has 6 heteroatoms. The Morgan fingerprint density at radius 2 is 1.94 bits per heavy atom. The van der Waals surface area contributed by atoms with Gasteiger partial charge in [0.2, 0.25) is 10.0 Å². The average molecular weight is 271 g/mol. The van der Waals surface area contributed by atoms with Crippen molar-refractivity contribution in [2.45, 2.75) is 26.3 Å². The minimum atomic E-state index is -3.23. The fraction of sp³-hybridized carbons (Fsp3) is 0.500. The third-order valence-electron chi connectivity index (χ3n) is 2.39. The summed E-state index contributed by atoms with van der Waals surface area (Å²) in [7, 11) is -3.23. The second kappa shape index (κ2) is 5.16. The van der Waals surface area contributed by atoms with Crippen molar-refractivity contribution >= 4 is 21.4 Å². The smallest absolute Gasteiger partial charge is 0.209 e. The Morgan fingerprint density at radius 1 is 1.33 bits per heavy atom. The van der Waals surface area contributed by atoms with E-state index in [1.165, 1.54) is 0 Å². The van der Waals surface area contributed by atoms with E-state index in [0.717, 1.165) is 17.5 Å². The minimum Gasteiger partial charge on any atom is -0.397 e. The number of aryl methyl sites for hydroxylation is 1. The fourth-order valence-electron chi connectivity index (χ4n) is 1.68. The van der Waals surface area contributed by atoms with Crippen LogP contribution in [-0.2, 0) is 10.0 Å². The highest BCUT2D eigenvalue weighted by Crippen LogP contribution is 2.20. The summed E-state index contributed by atoms with van der Waals surface area (Å²) in [5, 5.41) is 3.16. The SMILES string of the molecule is Cc1ccc(N)c(NCC(C)(C)NS(C)(=O)=O)c1. The maximum atomic E-state index is 11.2. The molecule has 0 saturated heterocycles. The molecule has 1 aromatic carbocycles. The monoisotopic (exact) mass is 271 g/mol. The van der Waals surface area contributed by atoms with Crippen LogP contribution in [0.25, 0.3) is 0 Å². The summed E-state index contributed by atoms with van der Waals surface area (Å²) in [6.45, 7) is 6.05. The van der Waals surface area contributed by atoms with Gasteiger partial charge in [0.25, 0.3) is 0 Å². The molecule has 0 heterocycles. The van der Waals surface area contributed by atoms with E-state index in [1.807, 2.05) is 39.0 Å². The highest BCUT2D eigenvalue weighted by atomic mass is 32.2. The number of anilines is 2. The Bertz CT molecular complexity index is 524. The van der Waals surface area contributed by atoms with Crippen LogP contribution in [0.5, 0.6) is 0 Å². The van der Waals surface area contributed by atoms with E-state index in [-0.39, 0.29) is 0 Å². The van der Waals surface area contributed by atoms with Crippen LogP contribution < -0.4 is 15.8 Å². The third-order valence-corrected chi connectivity index (χ3v) is 3.31. The molecule has 0 spiro atoms. The zero-order valence-electron chi connectivity index (χ0n) is 11.2. The van der Waals surface area contributed by atoms with Gasteiger partial charge in [-0.3, -0.25) is 0 Å². The Kier molecular flexibility index (Phi) is 4.24. The molecule has 0 aliphatic carbocycles. The van der Waals surface area contributed by atoms with Gasteiger partial charge in [-0.05, 0) is 38.5 Å². The molecule has 0 aromatic heterocycles. The van der Waals surface area contributed by atoms with Gasteiger partial charge in [0, 0.05) is 12.1 Å². The maximum Gasteiger partial charge on any atom is 0.209 e. The molecule has 5 nitrogen and oxygen atoms in total. The molecule has 0 aliphatic heterocycles. The number of nitrogens with one attached hydrogen (secondary N) is 2. The van der Waals surface area contributed by atoms with Gasteiger partial charge in [-0.15, -0.1) is 0 Å². The standard InChI is InChI=1S/C12H21N3O2S/c1-9-5-6-10(13)11(7-9)14-8-12(2,3)15-18(4,16)17/h5-7,14-15H,8,13H2,1-4H3. The number of hydrogen-bond donors (Lipinski definition) is 3. The first-order chi connectivity index (χ1) is 8.09. The van der Waals surface area contributed by atoms with Crippen LogP contribution in [0.1, 0.15) is 19.4 Å². The van der Waals surface area contributed by atoms with Crippen LogP contribution in [0.3, 0.4) is 0 Å². The van der Waals surface area contributed by atoms with Gasteiger partial charge < -0.3 is 11.1 Å². The molecule has 0 aliphatic rings. The number of nitrogens with two attached hydrogens (primary N) is 1. The Labute approximate surface area is 109 Å². The lowest BCUT2D eigenvalue weighted by atomic mass is 10.1. The summed E-state index contributed by atoms with van der Waals surface area (Å²) in [5.74, 6) is 0. The van der Waals surface area contributed by atoms with Crippen molar-refractivity contribution < 1.29 is 8.42 Å². The lowest BCUT2D eigenvalue weighted by Crippen LogP contribution is -2.47. The van der Waals surface area contributed by atoms with E-state index in [1.54, 1.807) is 0 Å². The molecule has 4 N–H and O–H groups in total. The second-order valence-corrected chi connectivity index (χ2v) is 6.95. The number of rotatable bonds is 5. The van der Waals surface area contributed by atoms with Crippen LogP contribution in [0, 0.1) is 6.92 Å². The first kappa shape index (κ1) is 14.8. The third kappa shape index (κ3) is 4.93. The van der Waals surface area contributed by atoms with E-state index in [9.17, 15) is 8.42 Å². The van der Waals surface area contributed by atoms with Crippen molar-refractivity contribution in [1.82, 2.24) is 4.72 Å². The van der Waals surface area contributed by atoms with Crippen molar-refractivity contribution in [1.29, 1.82) is 0 Å². The molecule has 1 aromatic rings. The average Bonchev–Trinajstić information content (AvgIpc) is 2.16. The van der Waals surface area contributed by atoms with Gasteiger partial charge in [-0.2, -0.15) is 0 Å². The van der Waals surface area contributed by atoms with Crippen molar-refractivity contribution in [3.05, 3.63) is 23.8 Å². The quantitative estimate of drug-likeness (QED) is 0.705. The van der Waals surface area contributed by atoms with E-state index in [2.05, 4.69) is 10.0 Å². The normalized spacial score (nSPS) is 12.4. The van der Waals surface area contributed by atoms with Crippen LogP contribution in [-0.4, -0.2) is 26.8 Å². The van der Waals surface area contributed by atoms with Crippen molar-refractivity contribution in [3.63, 3.8) is 0 Å². The maximum absolute atomic E-state index is 11.2. The van der Waals surface area contributed by atoms with Crippen molar-refractivity contribution in [2.75, 3.05) is 23.9 Å². The number of sulfonamides is 1. The highest BCUT2D eigenvalue weighted by Gasteiger charge is 2.21. The van der Waals surface area contributed by atoms with Gasteiger partial charge in [0.15, 0.2) is 0 Å². The van der Waals surface area contributed by atoms with Gasteiger partial charge in [-0.1, -0.05) is 6.07 Å². The van der Waals surface area contributed by atoms with Crippen LogP contribution in [0.4, 0.5) is 11.4 Å². The second-order valence-electron chi connectivity index (χ2n) is 5.20. The Balaban J connectivity index is 2.72. The zero-order valence-corrected chi connectivity index (χ0v) is 12.1. The molecule has 0 unspecified atom stereocenters.